The number of nitrogens with one attached hydrogen (secondary N) is 1. The molecule has 3 aromatic rings. The molecule has 3 aromatic heterocycles. The number of aryl methyl sites for hydroxylation is 3. The fourth-order valence-electron chi connectivity index (χ4n) is 2.27. The Morgan fingerprint density at radius 2 is 1.88 bits per heavy atom. The zero-order valence-electron chi connectivity index (χ0n) is 14.5. The number of rotatable bonds is 3. The highest BCUT2D eigenvalue weighted by atomic mass is 32.1. The van der Waals surface area contributed by atoms with Crippen LogP contribution in [0.3, 0.4) is 0 Å². The minimum absolute atomic E-state index is 0.00506. The van der Waals surface area contributed by atoms with Crippen LogP contribution in [0.5, 0.6) is 0 Å². The summed E-state index contributed by atoms with van der Waals surface area (Å²) in [5, 5.41) is 7.14. The van der Waals surface area contributed by atoms with Crippen LogP contribution in [0, 0.1) is 20.8 Å². The lowest BCUT2D eigenvalue weighted by Gasteiger charge is -2.07. The molecule has 0 saturated carbocycles. The van der Waals surface area contributed by atoms with E-state index in [-0.39, 0.29) is 11.7 Å². The second kappa shape index (κ2) is 6.20. The van der Waals surface area contributed by atoms with Gasteiger partial charge < -0.3 is 4.90 Å². The van der Waals surface area contributed by atoms with Crippen LogP contribution in [0.2, 0.25) is 0 Å². The van der Waals surface area contributed by atoms with E-state index in [1.54, 1.807) is 21.0 Å². The number of hydrogen-bond acceptors (Lipinski definition) is 7. The van der Waals surface area contributed by atoms with Crippen molar-refractivity contribution in [3.05, 3.63) is 33.8 Å². The van der Waals surface area contributed by atoms with Crippen LogP contribution in [0.1, 0.15) is 37.4 Å². The fourth-order valence-corrected chi connectivity index (χ4v) is 3.25. The number of anilines is 1. The molecule has 0 aliphatic carbocycles. The van der Waals surface area contributed by atoms with E-state index in [4.69, 9.17) is 0 Å². The van der Waals surface area contributed by atoms with E-state index in [1.165, 1.54) is 9.42 Å². The summed E-state index contributed by atoms with van der Waals surface area (Å²) in [5.74, 6) is -0.298. The van der Waals surface area contributed by atoms with Gasteiger partial charge in [-0.3, -0.25) is 14.9 Å². The Balaban J connectivity index is 1.87. The summed E-state index contributed by atoms with van der Waals surface area (Å²) in [5.41, 5.74) is 2.19. The molecular weight excluding hydrogens is 342 g/mol. The normalized spacial score (nSPS) is 10.9. The Labute approximate surface area is 147 Å². The fraction of sp³-hybridized carbons (Fsp3) is 0.333. The molecule has 9 nitrogen and oxygen atoms in total. The van der Waals surface area contributed by atoms with E-state index in [9.17, 15) is 9.59 Å². The molecule has 0 spiro atoms. The number of fused-ring (bicyclic) bond motifs is 1. The molecule has 0 atom stereocenters. The van der Waals surface area contributed by atoms with Crippen molar-refractivity contribution < 1.29 is 9.59 Å². The molecule has 0 aliphatic rings. The van der Waals surface area contributed by atoms with Gasteiger partial charge in [0.2, 0.25) is 5.82 Å². The Hall–Kier alpha value is -2.88. The first kappa shape index (κ1) is 17.0. The van der Waals surface area contributed by atoms with Crippen LogP contribution in [-0.2, 0) is 0 Å². The summed E-state index contributed by atoms with van der Waals surface area (Å²) < 4.78 is 1.51. The van der Waals surface area contributed by atoms with E-state index in [1.807, 2.05) is 19.9 Å². The summed E-state index contributed by atoms with van der Waals surface area (Å²) in [6.07, 6.45) is 0. The van der Waals surface area contributed by atoms with Gasteiger partial charge in [-0.15, -0.1) is 5.10 Å². The van der Waals surface area contributed by atoms with Crippen LogP contribution in [-0.4, -0.2) is 55.4 Å². The van der Waals surface area contributed by atoms with E-state index in [0.717, 1.165) is 22.7 Å². The third kappa shape index (κ3) is 3.20. The van der Waals surface area contributed by atoms with Crippen LogP contribution in [0.25, 0.3) is 5.78 Å². The number of hydrogen-bond donors (Lipinski definition) is 1. The smallest absolute Gasteiger partial charge is 0.297 e. The van der Waals surface area contributed by atoms with Gasteiger partial charge >= 0.3 is 0 Å². The molecule has 3 rings (SSSR count). The van der Waals surface area contributed by atoms with E-state index in [2.05, 4.69) is 25.4 Å². The summed E-state index contributed by atoms with van der Waals surface area (Å²) in [4.78, 5) is 39.0. The molecule has 0 saturated heterocycles. The lowest BCUT2D eigenvalue weighted by molar-refractivity contribution is 0.0831. The van der Waals surface area contributed by atoms with Crippen molar-refractivity contribution >= 4 is 34.1 Å². The van der Waals surface area contributed by atoms with Gasteiger partial charge in [-0.25, -0.2) is 14.5 Å². The molecule has 0 aromatic carbocycles. The van der Waals surface area contributed by atoms with E-state index in [0.29, 0.717) is 21.5 Å². The van der Waals surface area contributed by atoms with Crippen molar-refractivity contribution in [1.82, 2.24) is 29.5 Å². The molecule has 0 bridgehead atoms. The number of nitrogens with zero attached hydrogens (tertiary/aromatic N) is 6. The van der Waals surface area contributed by atoms with Gasteiger partial charge in [0.25, 0.3) is 17.6 Å². The molecule has 130 valence electrons. The molecular formula is C15H17N7O2S. The van der Waals surface area contributed by atoms with Gasteiger partial charge in [0, 0.05) is 25.5 Å². The maximum atomic E-state index is 12.4. The summed E-state index contributed by atoms with van der Waals surface area (Å²) >= 11 is 1.12. The molecule has 3 heterocycles. The van der Waals surface area contributed by atoms with Crippen LogP contribution in [0.15, 0.2) is 6.07 Å². The Morgan fingerprint density at radius 1 is 1.16 bits per heavy atom. The van der Waals surface area contributed by atoms with Crippen LogP contribution < -0.4 is 5.32 Å². The quantitative estimate of drug-likeness (QED) is 0.759. The highest BCUT2D eigenvalue weighted by molar-refractivity contribution is 7.17. The van der Waals surface area contributed by atoms with Crippen molar-refractivity contribution in [1.29, 1.82) is 0 Å². The SMILES string of the molecule is Cc1cc(C)n2nc(C(=O)Nc3nc(C)c(C(=O)N(C)C)s3)nc2n1. The zero-order valence-corrected chi connectivity index (χ0v) is 15.3. The summed E-state index contributed by atoms with van der Waals surface area (Å²) in [6.45, 7) is 5.44. The van der Waals surface area contributed by atoms with Crippen molar-refractivity contribution in [2.75, 3.05) is 19.4 Å². The molecule has 0 unspecified atom stereocenters. The topological polar surface area (TPSA) is 105 Å². The Kier molecular flexibility index (Phi) is 4.21. The largest absolute Gasteiger partial charge is 0.344 e. The molecule has 25 heavy (non-hydrogen) atoms. The summed E-state index contributed by atoms with van der Waals surface area (Å²) in [7, 11) is 3.33. The van der Waals surface area contributed by atoms with Gasteiger partial charge in [0.1, 0.15) is 4.88 Å². The molecule has 1 N–H and O–H groups in total. The van der Waals surface area contributed by atoms with Gasteiger partial charge in [-0.1, -0.05) is 11.3 Å². The monoisotopic (exact) mass is 359 g/mol. The van der Waals surface area contributed by atoms with Crippen molar-refractivity contribution in [3.8, 4) is 0 Å². The number of carbonyl (C=O) groups is 2. The van der Waals surface area contributed by atoms with E-state index >= 15 is 0 Å². The average molecular weight is 359 g/mol. The zero-order chi connectivity index (χ0) is 18.3. The van der Waals surface area contributed by atoms with Gasteiger partial charge in [0.15, 0.2) is 5.13 Å². The maximum absolute atomic E-state index is 12.4. The van der Waals surface area contributed by atoms with Gasteiger partial charge in [0.05, 0.1) is 5.69 Å². The predicted octanol–water partition coefficient (Wildman–Crippen LogP) is 1.46. The molecule has 0 aliphatic heterocycles. The van der Waals surface area contributed by atoms with Crippen LogP contribution in [0.4, 0.5) is 5.13 Å². The lowest BCUT2D eigenvalue weighted by Crippen LogP contribution is -2.21. The lowest BCUT2D eigenvalue weighted by atomic mass is 10.3. The highest BCUT2D eigenvalue weighted by Crippen LogP contribution is 2.23. The molecule has 2 amide bonds. The average Bonchev–Trinajstić information content (AvgIpc) is 3.10. The van der Waals surface area contributed by atoms with Gasteiger partial charge in [-0.05, 0) is 26.8 Å². The standard InChI is InChI=1S/C15H17N7O2S/c1-7-6-8(2)22-14(16-7)18-11(20-22)12(23)19-15-17-9(3)10(25-15)13(24)21(4)5/h6H,1-5H3,(H,17,19,23). The number of amides is 2. The van der Waals surface area contributed by atoms with Crippen molar-refractivity contribution in [2.45, 2.75) is 20.8 Å². The minimum Gasteiger partial charge on any atom is -0.344 e. The molecule has 0 fully saturated rings. The third-order valence-electron chi connectivity index (χ3n) is 3.44. The van der Waals surface area contributed by atoms with Crippen molar-refractivity contribution in [2.24, 2.45) is 0 Å². The number of carbonyl (C=O) groups excluding carboxylic acids is 2. The second-order valence-corrected chi connectivity index (χ2v) is 6.77. The Morgan fingerprint density at radius 3 is 2.56 bits per heavy atom. The first-order valence-electron chi connectivity index (χ1n) is 7.47. The maximum Gasteiger partial charge on any atom is 0.297 e. The van der Waals surface area contributed by atoms with Crippen LogP contribution >= 0.6 is 11.3 Å². The number of aromatic nitrogens is 5. The summed E-state index contributed by atoms with van der Waals surface area (Å²) in [6, 6.07) is 1.85. The molecule has 10 heteroatoms. The molecule has 0 radical (unpaired) electrons. The predicted molar refractivity (Wildman–Crippen MR) is 93.1 cm³/mol. The first-order chi connectivity index (χ1) is 11.8. The highest BCUT2D eigenvalue weighted by Gasteiger charge is 2.20. The van der Waals surface area contributed by atoms with Gasteiger partial charge in [-0.2, -0.15) is 4.98 Å². The Bertz CT molecular complexity index is 989. The first-order valence-corrected chi connectivity index (χ1v) is 8.29. The third-order valence-corrected chi connectivity index (χ3v) is 4.50. The minimum atomic E-state index is -0.500. The van der Waals surface area contributed by atoms with E-state index < -0.39 is 5.91 Å². The number of thiazole rings is 1. The second-order valence-electron chi connectivity index (χ2n) is 5.77. The van der Waals surface area contributed by atoms with Crippen molar-refractivity contribution in [3.63, 3.8) is 0 Å².